The fraction of sp³-hybridized carbons (Fsp3) is 0.278. The molecule has 0 aromatic heterocycles. The molecule has 0 saturated heterocycles. The van der Waals surface area contributed by atoms with Crippen LogP contribution in [0, 0.1) is 0 Å². The van der Waals surface area contributed by atoms with Gasteiger partial charge in [0.1, 0.15) is 5.75 Å². The van der Waals surface area contributed by atoms with Crippen LogP contribution in [-0.4, -0.2) is 20.9 Å². The molecule has 2 aromatic rings. The first kappa shape index (κ1) is 17.9. The zero-order valence-electron chi connectivity index (χ0n) is 13.5. The van der Waals surface area contributed by atoms with Crippen LogP contribution < -0.4 is 9.46 Å². The first-order valence-corrected chi connectivity index (χ1v) is 9.88. The van der Waals surface area contributed by atoms with E-state index >= 15 is 0 Å². The highest BCUT2D eigenvalue weighted by Gasteiger charge is 2.16. The lowest BCUT2D eigenvalue weighted by Crippen LogP contribution is -2.27. The number of fused-ring (bicyclic) bond motifs is 1. The summed E-state index contributed by atoms with van der Waals surface area (Å²) in [5.41, 5.74) is 2.52. The van der Waals surface area contributed by atoms with Crippen LogP contribution in [0.25, 0.3) is 0 Å². The van der Waals surface area contributed by atoms with Crippen molar-refractivity contribution < 1.29 is 17.9 Å². The van der Waals surface area contributed by atoms with Gasteiger partial charge in [-0.05, 0) is 66.8 Å². The van der Waals surface area contributed by atoms with Crippen molar-refractivity contribution in [3.63, 3.8) is 0 Å². The van der Waals surface area contributed by atoms with E-state index in [4.69, 9.17) is 16.3 Å². The van der Waals surface area contributed by atoms with E-state index in [2.05, 4.69) is 4.72 Å². The Morgan fingerprint density at radius 3 is 2.56 bits per heavy atom. The van der Waals surface area contributed by atoms with Gasteiger partial charge in [0.25, 0.3) is 0 Å². The third kappa shape index (κ3) is 4.60. The van der Waals surface area contributed by atoms with Crippen LogP contribution in [0.5, 0.6) is 5.75 Å². The molecule has 0 heterocycles. The molecule has 0 unspecified atom stereocenters. The number of ether oxygens (including phenoxy) is 1. The Kier molecular flexibility index (Phi) is 5.42. The number of hydrogen-bond acceptors (Lipinski definition) is 4. The minimum absolute atomic E-state index is 0.0330. The maximum atomic E-state index is 12.1. The number of carbonyl (C=O) groups excluding carboxylic acids is 1. The third-order valence-electron chi connectivity index (χ3n) is 4.05. The molecular weight excluding hydrogens is 362 g/mol. The maximum absolute atomic E-state index is 12.1. The van der Waals surface area contributed by atoms with Crippen LogP contribution in [0.2, 0.25) is 5.02 Å². The molecular formula is C18H18ClNO4S. The van der Waals surface area contributed by atoms with Gasteiger partial charge in [-0.15, -0.1) is 0 Å². The molecule has 2 aromatic carbocycles. The van der Waals surface area contributed by atoms with E-state index in [1.807, 2.05) is 12.1 Å². The molecule has 0 aliphatic heterocycles. The van der Waals surface area contributed by atoms with Gasteiger partial charge in [-0.3, -0.25) is 4.79 Å². The van der Waals surface area contributed by atoms with Gasteiger partial charge in [0.2, 0.25) is 10.0 Å². The summed E-state index contributed by atoms with van der Waals surface area (Å²) >= 11 is 5.74. The molecule has 0 atom stereocenters. The number of aryl methyl sites for hydroxylation is 2. The van der Waals surface area contributed by atoms with Crippen molar-refractivity contribution in [2.45, 2.75) is 30.6 Å². The summed E-state index contributed by atoms with van der Waals surface area (Å²) in [6, 6.07) is 11.5. The largest absolute Gasteiger partial charge is 0.426 e. The number of benzene rings is 2. The molecule has 132 valence electrons. The maximum Gasteiger partial charge on any atom is 0.312 e. The smallest absolute Gasteiger partial charge is 0.312 e. The molecule has 0 radical (unpaired) electrons. The molecule has 1 N–H and O–H groups in total. The number of carbonyl (C=O) groups is 1. The first-order valence-electron chi connectivity index (χ1n) is 8.02. The van der Waals surface area contributed by atoms with Crippen molar-refractivity contribution in [2.75, 3.05) is 6.54 Å². The molecule has 0 bridgehead atoms. The predicted octanol–water partition coefficient (Wildman–Crippen LogP) is 3.10. The Hall–Kier alpha value is -1.89. The molecule has 0 amide bonds. The Labute approximate surface area is 152 Å². The topological polar surface area (TPSA) is 72.5 Å². The minimum Gasteiger partial charge on any atom is -0.426 e. The van der Waals surface area contributed by atoms with Crippen molar-refractivity contribution in [3.05, 3.63) is 58.6 Å². The molecule has 0 spiro atoms. The van der Waals surface area contributed by atoms with Gasteiger partial charge in [0.15, 0.2) is 0 Å². The van der Waals surface area contributed by atoms with Gasteiger partial charge in [0.05, 0.1) is 11.3 Å². The summed E-state index contributed by atoms with van der Waals surface area (Å²) in [7, 11) is -3.67. The van der Waals surface area contributed by atoms with E-state index in [1.54, 1.807) is 6.07 Å². The number of nitrogens with one attached hydrogen (secondary N) is 1. The molecule has 3 rings (SSSR count). The summed E-state index contributed by atoms with van der Waals surface area (Å²) in [4.78, 5) is 12.0. The van der Waals surface area contributed by atoms with E-state index in [9.17, 15) is 13.2 Å². The molecule has 7 heteroatoms. The summed E-state index contributed by atoms with van der Waals surface area (Å²) in [6.45, 7) is -0.0330. The van der Waals surface area contributed by atoms with E-state index in [0.29, 0.717) is 10.8 Å². The first-order chi connectivity index (χ1) is 11.9. The molecule has 1 aliphatic rings. The average molecular weight is 380 g/mol. The van der Waals surface area contributed by atoms with Crippen molar-refractivity contribution in [1.82, 2.24) is 4.72 Å². The molecule has 0 fully saturated rings. The summed E-state index contributed by atoms with van der Waals surface area (Å²) in [5, 5.41) is 0.455. The van der Waals surface area contributed by atoms with Crippen LogP contribution in [0.1, 0.15) is 24.0 Å². The monoisotopic (exact) mass is 379 g/mol. The number of hydrogen-bond donors (Lipinski definition) is 1. The summed E-state index contributed by atoms with van der Waals surface area (Å²) in [6.07, 6.45) is 3.14. The third-order valence-corrected chi connectivity index (χ3v) is 5.78. The van der Waals surface area contributed by atoms with Gasteiger partial charge in [0, 0.05) is 11.6 Å². The van der Waals surface area contributed by atoms with Crippen LogP contribution in [0.15, 0.2) is 47.4 Å². The second-order valence-corrected chi connectivity index (χ2v) is 8.06. The van der Waals surface area contributed by atoms with E-state index in [0.717, 1.165) is 19.3 Å². The van der Waals surface area contributed by atoms with Crippen molar-refractivity contribution in [3.8, 4) is 5.75 Å². The highest BCUT2D eigenvalue weighted by Crippen LogP contribution is 2.26. The second kappa shape index (κ2) is 7.56. The summed E-state index contributed by atoms with van der Waals surface area (Å²) in [5.74, 6) is 0.0305. The van der Waals surface area contributed by atoms with Crippen LogP contribution in [0.4, 0.5) is 0 Å². The molecule has 25 heavy (non-hydrogen) atoms. The average Bonchev–Trinajstić information content (AvgIpc) is 3.02. The van der Waals surface area contributed by atoms with Crippen LogP contribution >= 0.6 is 11.6 Å². The Balaban J connectivity index is 1.51. The fourth-order valence-electron chi connectivity index (χ4n) is 2.78. The Bertz CT molecular complexity index is 878. The summed E-state index contributed by atoms with van der Waals surface area (Å²) < 4.78 is 31.9. The van der Waals surface area contributed by atoms with E-state index in [1.165, 1.54) is 35.4 Å². The van der Waals surface area contributed by atoms with Gasteiger partial charge < -0.3 is 4.74 Å². The Morgan fingerprint density at radius 1 is 1.08 bits per heavy atom. The fourth-order valence-corrected chi connectivity index (χ4v) is 3.94. The number of rotatable bonds is 6. The van der Waals surface area contributed by atoms with Crippen molar-refractivity contribution in [2.24, 2.45) is 0 Å². The van der Waals surface area contributed by atoms with Gasteiger partial charge >= 0.3 is 5.97 Å². The molecule has 0 saturated carbocycles. The second-order valence-electron chi connectivity index (χ2n) is 5.86. The van der Waals surface area contributed by atoms with Crippen molar-refractivity contribution in [1.29, 1.82) is 0 Å². The lowest BCUT2D eigenvalue weighted by molar-refractivity contribution is -0.134. The normalized spacial score (nSPS) is 13.5. The highest BCUT2D eigenvalue weighted by atomic mass is 35.5. The molecule has 1 aliphatic carbocycles. The number of halogens is 1. The van der Waals surface area contributed by atoms with Gasteiger partial charge in [-0.2, -0.15) is 0 Å². The minimum atomic E-state index is -3.67. The Morgan fingerprint density at radius 2 is 1.80 bits per heavy atom. The predicted molar refractivity (Wildman–Crippen MR) is 95.4 cm³/mol. The lowest BCUT2D eigenvalue weighted by atomic mass is 10.1. The number of esters is 1. The standard InChI is InChI=1S/C18H18ClNO4S/c19-15-5-8-17(9-6-15)25(22,23)20-11-10-18(21)24-16-7-4-13-2-1-3-14(13)12-16/h4-9,12,20H,1-3,10-11H2. The van der Waals surface area contributed by atoms with E-state index < -0.39 is 16.0 Å². The highest BCUT2D eigenvalue weighted by molar-refractivity contribution is 7.89. The van der Waals surface area contributed by atoms with Crippen molar-refractivity contribution >= 4 is 27.6 Å². The quantitative estimate of drug-likeness (QED) is 0.618. The SMILES string of the molecule is O=C(CCNS(=O)(=O)c1ccc(Cl)cc1)Oc1ccc2c(c1)CCC2. The van der Waals surface area contributed by atoms with Gasteiger partial charge in [-0.25, -0.2) is 13.1 Å². The van der Waals surface area contributed by atoms with Gasteiger partial charge in [-0.1, -0.05) is 17.7 Å². The number of sulfonamides is 1. The zero-order chi connectivity index (χ0) is 17.9. The molecule has 5 nitrogen and oxygen atoms in total. The zero-order valence-corrected chi connectivity index (χ0v) is 15.1. The van der Waals surface area contributed by atoms with Crippen LogP contribution in [0.3, 0.4) is 0 Å². The van der Waals surface area contributed by atoms with E-state index in [-0.39, 0.29) is 17.9 Å². The van der Waals surface area contributed by atoms with Crippen LogP contribution in [-0.2, 0) is 27.7 Å². The lowest BCUT2D eigenvalue weighted by Gasteiger charge is -2.08.